The zero-order chi connectivity index (χ0) is 31.8. The van der Waals surface area contributed by atoms with Crippen molar-refractivity contribution in [3.63, 3.8) is 0 Å². The van der Waals surface area contributed by atoms with Crippen LogP contribution in [0.1, 0.15) is 131 Å². The summed E-state index contributed by atoms with van der Waals surface area (Å²) in [6, 6.07) is 1.91. The summed E-state index contributed by atoms with van der Waals surface area (Å²) in [5.41, 5.74) is 1.30. The van der Waals surface area contributed by atoms with Crippen molar-refractivity contribution in [2.24, 2.45) is 0 Å². The summed E-state index contributed by atoms with van der Waals surface area (Å²) < 4.78 is 0. The minimum absolute atomic E-state index is 0. The number of aliphatic hydroxyl groups excluding tert-OH is 4. The topological polar surface area (TPSA) is 122 Å². The van der Waals surface area contributed by atoms with Gasteiger partial charge in [-0.15, -0.1) is 0 Å². The molecule has 4 heterocycles. The first-order valence-electron chi connectivity index (χ1n) is 18.2. The molecule has 4 fully saturated rings. The maximum Gasteiger partial charge on any atom is 4.00 e. The van der Waals surface area contributed by atoms with Gasteiger partial charge in [0.15, 0.2) is 0 Å². The number of aliphatic hydroxyl groups is 4. The fourth-order valence-electron chi connectivity index (χ4n) is 9.68. The van der Waals surface area contributed by atoms with Crippen LogP contribution in [0.25, 0.3) is 0 Å². The molecule has 4 N–H and O–H groups in total. The smallest absolute Gasteiger partial charge is 2.00 e. The van der Waals surface area contributed by atoms with Gasteiger partial charge in [0.2, 0.25) is 0 Å². The van der Waals surface area contributed by atoms with E-state index in [1.165, 1.54) is 77.0 Å². The summed E-state index contributed by atoms with van der Waals surface area (Å²) in [7, 11) is 0. The molecule has 10 heteroatoms. The van der Waals surface area contributed by atoms with Gasteiger partial charge in [-0.05, 0) is 119 Å². The van der Waals surface area contributed by atoms with E-state index in [0.717, 1.165) is 50.4 Å². The van der Waals surface area contributed by atoms with Crippen LogP contribution in [0, 0.1) is 0 Å². The van der Waals surface area contributed by atoms with Crippen molar-refractivity contribution in [2.45, 2.75) is 179 Å². The van der Waals surface area contributed by atoms with Crippen LogP contribution in [-0.2, 0) is 24.0 Å². The van der Waals surface area contributed by atoms with Crippen molar-refractivity contribution < 1.29 is 44.5 Å². The molecule has 0 amide bonds. The van der Waals surface area contributed by atoms with Gasteiger partial charge in [-0.1, -0.05) is 12.8 Å². The molecule has 4 aliphatic heterocycles. The van der Waals surface area contributed by atoms with Gasteiger partial charge < -0.3 is 35.7 Å². The first-order valence-corrected chi connectivity index (χ1v) is 18.2. The average Bonchev–Trinajstić information content (AvgIpc) is 3.38. The van der Waals surface area contributed by atoms with Crippen LogP contribution < -0.4 is 0 Å². The standard InChI is InChI=1S/2C18H32N2O2.O.V/c2*1-13-8-4-6-10-19(13)15-12-18(3,17(22)16(15)21)20-11-7-5-9-14(20)2;;/h2*13-14,17,21-22H,4-12H2,1-3H3;;/q;;-2;+4. The van der Waals surface area contributed by atoms with Crippen LogP contribution in [0.2, 0.25) is 0 Å². The van der Waals surface area contributed by atoms with Crippen LogP contribution in [0.3, 0.4) is 0 Å². The molecule has 261 valence electrons. The van der Waals surface area contributed by atoms with E-state index < -0.39 is 12.2 Å². The van der Waals surface area contributed by atoms with Crippen molar-refractivity contribution in [1.29, 1.82) is 0 Å². The van der Waals surface area contributed by atoms with Gasteiger partial charge in [0, 0.05) is 50.1 Å². The van der Waals surface area contributed by atoms with E-state index in [1.807, 2.05) is 0 Å². The molecular weight excluding hydrogens is 619 g/mol. The number of likely N-dealkylation sites (tertiary alicyclic amines) is 4. The Morgan fingerprint density at radius 3 is 1.13 bits per heavy atom. The van der Waals surface area contributed by atoms with E-state index in [0.29, 0.717) is 24.2 Å². The third-order valence-corrected chi connectivity index (χ3v) is 12.6. The van der Waals surface area contributed by atoms with E-state index in [-0.39, 0.29) is 46.6 Å². The molecule has 6 rings (SSSR count). The Morgan fingerprint density at radius 1 is 0.522 bits per heavy atom. The van der Waals surface area contributed by atoms with E-state index >= 15 is 0 Å². The fourth-order valence-corrected chi connectivity index (χ4v) is 9.68. The SMILES string of the molecule is CC1CCCCN1C1=C(O)C(O)C(C)(N2CCCCC2C)C1.CC1CCCCN1C1=C(O)C(O)C(C)(N2CCCCC2C)C1.[O-2].[V+4]. The molecule has 0 aromatic carbocycles. The van der Waals surface area contributed by atoms with Crippen molar-refractivity contribution in [3.8, 4) is 0 Å². The minimum Gasteiger partial charge on any atom is -2.00 e. The molecular formula is C36H64N4O5V+2. The second kappa shape index (κ2) is 16.2. The Bertz CT molecular complexity index is 993. The fraction of sp³-hybridized carbons (Fsp3) is 0.889. The average molecular weight is 684 g/mol. The van der Waals surface area contributed by atoms with E-state index in [9.17, 15) is 20.4 Å². The van der Waals surface area contributed by atoms with Crippen molar-refractivity contribution in [2.75, 3.05) is 26.2 Å². The van der Waals surface area contributed by atoms with Gasteiger partial charge in [0.1, 0.15) is 23.7 Å². The molecule has 0 spiro atoms. The molecule has 0 saturated carbocycles. The van der Waals surface area contributed by atoms with Crippen molar-refractivity contribution >= 4 is 0 Å². The van der Waals surface area contributed by atoms with Crippen LogP contribution in [0.4, 0.5) is 0 Å². The predicted octanol–water partition coefficient (Wildman–Crippen LogP) is 5.93. The summed E-state index contributed by atoms with van der Waals surface area (Å²) in [6.45, 7) is 17.4. The van der Waals surface area contributed by atoms with E-state index in [2.05, 4.69) is 61.1 Å². The monoisotopic (exact) mass is 683 g/mol. The number of hydrogen-bond acceptors (Lipinski definition) is 8. The number of rotatable bonds is 4. The summed E-state index contributed by atoms with van der Waals surface area (Å²) in [6.07, 6.45) is 14.7. The van der Waals surface area contributed by atoms with Crippen LogP contribution in [0.5, 0.6) is 0 Å². The number of nitrogens with zero attached hydrogens (tertiary/aromatic N) is 4. The zero-order valence-corrected chi connectivity index (χ0v) is 31.0. The third kappa shape index (κ3) is 7.46. The Hall–Kier alpha value is -0.936. The summed E-state index contributed by atoms with van der Waals surface area (Å²) in [5, 5.41) is 42.9. The van der Waals surface area contributed by atoms with Gasteiger partial charge in [0.25, 0.3) is 0 Å². The van der Waals surface area contributed by atoms with Crippen LogP contribution in [0.15, 0.2) is 22.9 Å². The molecule has 1 radical (unpaired) electrons. The molecule has 0 aromatic rings. The molecule has 6 aliphatic rings. The Morgan fingerprint density at radius 2 is 0.826 bits per heavy atom. The maximum atomic E-state index is 10.8. The molecule has 2 aliphatic carbocycles. The zero-order valence-electron chi connectivity index (χ0n) is 29.6. The summed E-state index contributed by atoms with van der Waals surface area (Å²) >= 11 is 0. The normalized spacial score (nSPS) is 39.5. The van der Waals surface area contributed by atoms with Gasteiger partial charge in [0.05, 0.1) is 22.5 Å². The first-order chi connectivity index (χ1) is 20.9. The largest absolute Gasteiger partial charge is 4.00 e. The van der Waals surface area contributed by atoms with Crippen molar-refractivity contribution in [1.82, 2.24) is 19.6 Å². The van der Waals surface area contributed by atoms with Gasteiger partial charge >= 0.3 is 18.6 Å². The summed E-state index contributed by atoms with van der Waals surface area (Å²) in [5.74, 6) is 0.461. The van der Waals surface area contributed by atoms with E-state index in [4.69, 9.17) is 0 Å². The molecule has 46 heavy (non-hydrogen) atoms. The molecule has 8 unspecified atom stereocenters. The van der Waals surface area contributed by atoms with Gasteiger partial charge in [-0.3, -0.25) is 9.80 Å². The minimum atomic E-state index is -0.753. The number of piperidine rings is 4. The molecule has 9 nitrogen and oxygen atoms in total. The van der Waals surface area contributed by atoms with Gasteiger partial charge in [-0.2, -0.15) is 0 Å². The molecule has 8 atom stereocenters. The van der Waals surface area contributed by atoms with Gasteiger partial charge in [-0.25, -0.2) is 0 Å². The second-order valence-electron chi connectivity index (χ2n) is 15.7. The molecule has 4 saturated heterocycles. The summed E-state index contributed by atoms with van der Waals surface area (Å²) in [4.78, 5) is 9.59. The Kier molecular flexibility index (Phi) is 13.9. The molecule has 0 aromatic heterocycles. The van der Waals surface area contributed by atoms with Crippen LogP contribution in [-0.4, -0.2) is 114 Å². The first kappa shape index (κ1) is 39.5. The van der Waals surface area contributed by atoms with Crippen molar-refractivity contribution in [3.05, 3.63) is 22.9 Å². The Balaban J connectivity index is 0.000000240. The third-order valence-electron chi connectivity index (χ3n) is 12.6. The molecule has 0 bridgehead atoms. The van der Waals surface area contributed by atoms with E-state index in [1.54, 1.807) is 0 Å². The maximum absolute atomic E-state index is 10.8. The Labute approximate surface area is 291 Å². The number of hydrogen-bond donors (Lipinski definition) is 4. The quantitative estimate of drug-likeness (QED) is 0.288. The van der Waals surface area contributed by atoms with Crippen LogP contribution >= 0.6 is 0 Å². The second-order valence-corrected chi connectivity index (χ2v) is 15.7. The predicted molar refractivity (Wildman–Crippen MR) is 178 cm³/mol.